The van der Waals surface area contributed by atoms with Crippen LogP contribution in [-0.2, 0) is 0 Å². The van der Waals surface area contributed by atoms with E-state index in [1.54, 1.807) is 24.8 Å². The molecule has 0 amide bonds. The van der Waals surface area contributed by atoms with E-state index >= 15 is 0 Å². The molecule has 2 N–H and O–H groups in total. The number of benzene rings is 2. The van der Waals surface area contributed by atoms with Crippen LogP contribution in [0.2, 0.25) is 0 Å². The van der Waals surface area contributed by atoms with Crippen molar-refractivity contribution in [3.63, 3.8) is 0 Å². The van der Waals surface area contributed by atoms with Gasteiger partial charge in [-0.1, -0.05) is 0 Å². The maximum atomic E-state index is 13.3. The molecule has 2 aromatic rings. The van der Waals surface area contributed by atoms with Crippen molar-refractivity contribution in [3.8, 4) is 11.5 Å². The lowest BCUT2D eigenvalue weighted by molar-refractivity contribution is 0.482. The van der Waals surface area contributed by atoms with Crippen molar-refractivity contribution >= 4 is 17.4 Å². The molecule has 2 aromatic carbocycles. The molecule has 0 unspecified atom stereocenters. The van der Waals surface area contributed by atoms with Gasteiger partial charge in [0, 0.05) is 11.0 Å². The average molecular weight is 263 g/mol. The van der Waals surface area contributed by atoms with Crippen LogP contribution in [-0.4, -0.2) is 6.26 Å². The fourth-order valence-corrected chi connectivity index (χ4v) is 1.94. The number of nitrogen functional groups attached to an aromatic ring is 1. The first-order chi connectivity index (χ1) is 8.60. The summed E-state index contributed by atoms with van der Waals surface area (Å²) in [5.74, 6) is 0.842. The van der Waals surface area contributed by atoms with Gasteiger partial charge >= 0.3 is 0 Å². The summed E-state index contributed by atoms with van der Waals surface area (Å²) in [7, 11) is 0. The highest BCUT2D eigenvalue weighted by Crippen LogP contribution is 2.30. The van der Waals surface area contributed by atoms with Crippen LogP contribution >= 0.6 is 11.8 Å². The molecular formula is C14H14FNOS. The van der Waals surface area contributed by atoms with E-state index in [9.17, 15) is 4.39 Å². The normalized spacial score (nSPS) is 10.4. The average Bonchev–Trinajstić information content (AvgIpc) is 2.37. The van der Waals surface area contributed by atoms with Crippen LogP contribution in [0.15, 0.2) is 41.3 Å². The van der Waals surface area contributed by atoms with Crippen LogP contribution in [0.25, 0.3) is 0 Å². The maximum Gasteiger partial charge on any atom is 0.150 e. The van der Waals surface area contributed by atoms with E-state index in [4.69, 9.17) is 10.5 Å². The van der Waals surface area contributed by atoms with Gasteiger partial charge in [0.1, 0.15) is 11.6 Å². The monoisotopic (exact) mass is 263 g/mol. The van der Waals surface area contributed by atoms with Crippen LogP contribution in [0, 0.1) is 12.7 Å². The Morgan fingerprint density at radius 1 is 1.17 bits per heavy atom. The van der Waals surface area contributed by atoms with Crippen molar-refractivity contribution in [3.05, 3.63) is 47.8 Å². The Balaban J connectivity index is 2.25. The molecule has 0 saturated carbocycles. The second kappa shape index (κ2) is 5.31. The first-order valence-electron chi connectivity index (χ1n) is 5.47. The Bertz CT molecular complexity index is 554. The zero-order valence-corrected chi connectivity index (χ0v) is 11.1. The highest BCUT2D eigenvalue weighted by Gasteiger charge is 2.07. The van der Waals surface area contributed by atoms with Crippen molar-refractivity contribution in [1.29, 1.82) is 0 Å². The minimum absolute atomic E-state index is 0.298. The number of nitrogens with two attached hydrogens (primary N) is 1. The van der Waals surface area contributed by atoms with Gasteiger partial charge in [-0.3, -0.25) is 0 Å². The van der Waals surface area contributed by atoms with Crippen molar-refractivity contribution in [2.24, 2.45) is 0 Å². The molecule has 0 saturated heterocycles. The molecule has 18 heavy (non-hydrogen) atoms. The molecule has 0 aromatic heterocycles. The first-order valence-corrected chi connectivity index (χ1v) is 6.70. The van der Waals surface area contributed by atoms with Gasteiger partial charge in [0.25, 0.3) is 0 Å². The summed E-state index contributed by atoms with van der Waals surface area (Å²) in [4.78, 5) is 1.16. The van der Waals surface area contributed by atoms with Crippen molar-refractivity contribution in [1.82, 2.24) is 0 Å². The highest BCUT2D eigenvalue weighted by molar-refractivity contribution is 7.98. The number of aryl methyl sites for hydroxylation is 1. The van der Waals surface area contributed by atoms with Crippen LogP contribution in [0.1, 0.15) is 5.56 Å². The molecule has 0 atom stereocenters. The van der Waals surface area contributed by atoms with Gasteiger partial charge in [0.05, 0.1) is 5.69 Å². The Morgan fingerprint density at radius 2 is 1.83 bits per heavy atom. The molecule has 2 rings (SSSR count). The summed E-state index contributed by atoms with van der Waals surface area (Å²) in [6, 6.07) is 10.5. The SMILES string of the molecule is CSc1ccc(Oc2cc(C)c(F)cc2N)cc1. The van der Waals surface area contributed by atoms with E-state index in [2.05, 4.69) is 0 Å². The predicted molar refractivity (Wildman–Crippen MR) is 73.8 cm³/mol. The zero-order chi connectivity index (χ0) is 13.1. The van der Waals surface area contributed by atoms with Gasteiger partial charge in [0.2, 0.25) is 0 Å². The zero-order valence-electron chi connectivity index (χ0n) is 10.2. The predicted octanol–water partition coefficient (Wildman–Crippen LogP) is 4.23. The lowest BCUT2D eigenvalue weighted by atomic mass is 10.2. The van der Waals surface area contributed by atoms with Crippen molar-refractivity contribution in [2.75, 3.05) is 12.0 Å². The third-order valence-electron chi connectivity index (χ3n) is 2.58. The topological polar surface area (TPSA) is 35.2 Å². The van der Waals surface area contributed by atoms with Gasteiger partial charge in [-0.15, -0.1) is 11.8 Å². The lowest BCUT2D eigenvalue weighted by Gasteiger charge is -2.10. The standard InChI is InChI=1S/C14H14FNOS/c1-9-7-14(13(16)8-12(9)15)17-10-3-5-11(18-2)6-4-10/h3-8H,16H2,1-2H3. The Hall–Kier alpha value is -1.68. The fourth-order valence-electron chi connectivity index (χ4n) is 1.53. The minimum atomic E-state index is -0.322. The second-order valence-corrected chi connectivity index (χ2v) is 4.80. The maximum absolute atomic E-state index is 13.3. The van der Waals surface area contributed by atoms with Gasteiger partial charge in [-0.25, -0.2) is 4.39 Å². The number of anilines is 1. The second-order valence-electron chi connectivity index (χ2n) is 3.92. The molecule has 2 nitrogen and oxygen atoms in total. The fraction of sp³-hybridized carbons (Fsp3) is 0.143. The summed E-state index contributed by atoms with van der Waals surface area (Å²) in [5.41, 5.74) is 6.54. The van der Waals surface area contributed by atoms with Crippen molar-refractivity contribution in [2.45, 2.75) is 11.8 Å². The Labute approximate surface area is 110 Å². The molecule has 0 aliphatic heterocycles. The Morgan fingerprint density at radius 3 is 2.44 bits per heavy atom. The van der Waals surface area contributed by atoms with E-state index in [0.29, 0.717) is 22.7 Å². The number of halogens is 1. The molecule has 0 heterocycles. The smallest absolute Gasteiger partial charge is 0.150 e. The van der Waals surface area contributed by atoms with Gasteiger partial charge in [-0.05, 0) is 49.1 Å². The van der Waals surface area contributed by atoms with Gasteiger partial charge in [0.15, 0.2) is 5.75 Å². The number of thioether (sulfide) groups is 1. The van der Waals surface area contributed by atoms with E-state index in [1.165, 1.54) is 6.07 Å². The molecule has 0 spiro atoms. The summed E-state index contributed by atoms with van der Waals surface area (Å²) >= 11 is 1.66. The van der Waals surface area contributed by atoms with Crippen LogP contribution in [0.3, 0.4) is 0 Å². The molecule has 0 radical (unpaired) electrons. The van der Waals surface area contributed by atoms with Gasteiger partial charge < -0.3 is 10.5 Å². The highest BCUT2D eigenvalue weighted by atomic mass is 32.2. The van der Waals surface area contributed by atoms with E-state index in [-0.39, 0.29) is 5.82 Å². The minimum Gasteiger partial charge on any atom is -0.455 e. The Kier molecular flexibility index (Phi) is 3.77. The lowest BCUT2D eigenvalue weighted by Crippen LogP contribution is -1.95. The molecule has 0 aliphatic rings. The summed E-state index contributed by atoms with van der Waals surface area (Å²) in [6.45, 7) is 1.68. The number of ether oxygens (including phenoxy) is 1. The molecular weight excluding hydrogens is 249 g/mol. The molecule has 94 valence electrons. The summed E-state index contributed by atoms with van der Waals surface area (Å²) < 4.78 is 18.9. The number of hydrogen-bond acceptors (Lipinski definition) is 3. The number of hydrogen-bond donors (Lipinski definition) is 1. The number of rotatable bonds is 3. The van der Waals surface area contributed by atoms with Crippen LogP contribution in [0.5, 0.6) is 11.5 Å². The molecule has 0 fully saturated rings. The van der Waals surface area contributed by atoms with Crippen LogP contribution in [0.4, 0.5) is 10.1 Å². The third-order valence-corrected chi connectivity index (χ3v) is 3.32. The van der Waals surface area contributed by atoms with Crippen molar-refractivity contribution < 1.29 is 9.13 Å². The molecule has 0 bridgehead atoms. The molecule has 0 aliphatic carbocycles. The summed E-state index contributed by atoms with van der Waals surface area (Å²) in [5, 5.41) is 0. The largest absolute Gasteiger partial charge is 0.455 e. The van der Waals surface area contributed by atoms with E-state index in [1.807, 2.05) is 30.5 Å². The quantitative estimate of drug-likeness (QED) is 0.665. The first kappa shape index (κ1) is 12.8. The van der Waals surface area contributed by atoms with E-state index in [0.717, 1.165) is 4.90 Å². The van der Waals surface area contributed by atoms with Gasteiger partial charge in [-0.2, -0.15) is 0 Å². The molecule has 4 heteroatoms. The third kappa shape index (κ3) is 2.76. The van der Waals surface area contributed by atoms with Crippen LogP contribution < -0.4 is 10.5 Å². The van der Waals surface area contributed by atoms with E-state index < -0.39 is 0 Å². The summed E-state index contributed by atoms with van der Waals surface area (Å²) in [6.07, 6.45) is 2.01.